The van der Waals surface area contributed by atoms with Crippen LogP contribution in [0.4, 0.5) is 0 Å². The minimum Gasteiger partial charge on any atom is -0.314 e. The number of hydrogen-bond acceptors (Lipinski definition) is 4. The van der Waals surface area contributed by atoms with Gasteiger partial charge in [0.25, 0.3) is 5.56 Å². The number of carbonyl (C=O) groups is 2. The lowest BCUT2D eigenvalue weighted by Gasteiger charge is -2.28. The summed E-state index contributed by atoms with van der Waals surface area (Å²) in [6, 6.07) is 4.65. The van der Waals surface area contributed by atoms with Crippen LogP contribution in [-0.2, 0) is 16.1 Å². The number of piperidine rings is 1. The SMILES string of the molecule is CN1C(=O)CCC(NCCn2ccccc2=O)C1=O. The Kier molecular flexibility index (Phi) is 4.11. The summed E-state index contributed by atoms with van der Waals surface area (Å²) >= 11 is 0. The van der Waals surface area contributed by atoms with Crippen LogP contribution in [0.1, 0.15) is 12.8 Å². The van der Waals surface area contributed by atoms with Crippen LogP contribution in [-0.4, -0.2) is 40.9 Å². The number of carbonyl (C=O) groups excluding carboxylic acids is 2. The first-order valence-corrected chi connectivity index (χ1v) is 6.29. The topological polar surface area (TPSA) is 71.4 Å². The van der Waals surface area contributed by atoms with Gasteiger partial charge in [-0.2, -0.15) is 0 Å². The molecule has 1 aromatic heterocycles. The predicted molar refractivity (Wildman–Crippen MR) is 69.5 cm³/mol. The summed E-state index contributed by atoms with van der Waals surface area (Å²) in [5.41, 5.74) is -0.0634. The Hall–Kier alpha value is -1.95. The molecule has 6 nitrogen and oxygen atoms in total. The van der Waals surface area contributed by atoms with Gasteiger partial charge in [-0.3, -0.25) is 19.3 Å². The third kappa shape index (κ3) is 3.08. The van der Waals surface area contributed by atoms with Gasteiger partial charge in [-0.15, -0.1) is 0 Å². The van der Waals surface area contributed by atoms with Crippen LogP contribution in [0.3, 0.4) is 0 Å². The normalized spacial score (nSPS) is 19.8. The smallest absolute Gasteiger partial charge is 0.250 e. The number of likely N-dealkylation sites (tertiary alicyclic amines) is 1. The van der Waals surface area contributed by atoms with Crippen LogP contribution in [0.2, 0.25) is 0 Å². The Bertz CT molecular complexity index is 538. The highest BCUT2D eigenvalue weighted by atomic mass is 16.2. The first-order chi connectivity index (χ1) is 9.09. The fourth-order valence-corrected chi connectivity index (χ4v) is 2.11. The van der Waals surface area contributed by atoms with E-state index in [4.69, 9.17) is 0 Å². The minimum atomic E-state index is -0.331. The summed E-state index contributed by atoms with van der Waals surface area (Å²) in [6.45, 7) is 1.02. The summed E-state index contributed by atoms with van der Waals surface area (Å²) in [6.07, 6.45) is 2.61. The molecular weight excluding hydrogens is 246 g/mol. The second kappa shape index (κ2) is 5.79. The van der Waals surface area contributed by atoms with Crippen molar-refractivity contribution in [2.75, 3.05) is 13.6 Å². The van der Waals surface area contributed by atoms with Gasteiger partial charge in [0, 0.05) is 38.8 Å². The highest BCUT2D eigenvalue weighted by Crippen LogP contribution is 2.10. The minimum absolute atomic E-state index is 0.0634. The summed E-state index contributed by atoms with van der Waals surface area (Å²) in [5.74, 6) is -0.334. The molecule has 1 saturated heterocycles. The molecule has 0 aromatic carbocycles. The lowest BCUT2D eigenvalue weighted by Crippen LogP contribution is -2.52. The van der Waals surface area contributed by atoms with E-state index >= 15 is 0 Å². The Labute approximate surface area is 111 Å². The molecule has 0 aliphatic carbocycles. The molecule has 1 atom stereocenters. The predicted octanol–water partition coefficient (Wildman–Crippen LogP) is -0.415. The van der Waals surface area contributed by atoms with Gasteiger partial charge in [-0.1, -0.05) is 6.07 Å². The molecule has 1 unspecified atom stereocenters. The second-order valence-corrected chi connectivity index (χ2v) is 4.57. The maximum Gasteiger partial charge on any atom is 0.250 e. The molecule has 1 aliphatic heterocycles. The van der Waals surface area contributed by atoms with Crippen LogP contribution >= 0.6 is 0 Å². The van der Waals surface area contributed by atoms with E-state index in [-0.39, 0.29) is 23.4 Å². The van der Waals surface area contributed by atoms with Crippen molar-refractivity contribution in [3.63, 3.8) is 0 Å². The largest absolute Gasteiger partial charge is 0.314 e. The quantitative estimate of drug-likeness (QED) is 0.749. The summed E-state index contributed by atoms with van der Waals surface area (Å²) in [7, 11) is 1.50. The van der Waals surface area contributed by atoms with Gasteiger partial charge >= 0.3 is 0 Å². The lowest BCUT2D eigenvalue weighted by molar-refractivity contribution is -0.148. The number of likely N-dealkylation sites (N-methyl/N-ethyl adjacent to an activating group) is 1. The third-order valence-corrected chi connectivity index (χ3v) is 3.29. The highest BCUT2D eigenvalue weighted by molar-refractivity contribution is 6.00. The van der Waals surface area contributed by atoms with E-state index in [2.05, 4.69) is 5.32 Å². The number of rotatable bonds is 4. The molecule has 0 saturated carbocycles. The molecule has 19 heavy (non-hydrogen) atoms. The molecule has 1 aromatic rings. The van der Waals surface area contributed by atoms with Gasteiger partial charge < -0.3 is 9.88 Å². The van der Waals surface area contributed by atoms with Gasteiger partial charge in [0.1, 0.15) is 0 Å². The van der Waals surface area contributed by atoms with Crippen molar-refractivity contribution in [1.29, 1.82) is 0 Å². The van der Waals surface area contributed by atoms with Crippen molar-refractivity contribution in [3.05, 3.63) is 34.7 Å². The molecular formula is C13H17N3O3. The third-order valence-electron chi connectivity index (χ3n) is 3.29. The zero-order valence-electron chi connectivity index (χ0n) is 10.8. The molecule has 6 heteroatoms. The molecule has 1 fully saturated rings. The van der Waals surface area contributed by atoms with Gasteiger partial charge in [-0.05, 0) is 12.5 Å². The van der Waals surface area contributed by atoms with E-state index in [0.29, 0.717) is 25.9 Å². The summed E-state index contributed by atoms with van der Waals surface area (Å²) in [5, 5.41) is 3.09. The summed E-state index contributed by atoms with van der Waals surface area (Å²) < 4.78 is 1.58. The molecule has 1 aliphatic rings. The highest BCUT2D eigenvalue weighted by Gasteiger charge is 2.30. The number of hydrogen-bond donors (Lipinski definition) is 1. The monoisotopic (exact) mass is 263 g/mol. The zero-order chi connectivity index (χ0) is 13.8. The maximum absolute atomic E-state index is 11.8. The fourth-order valence-electron chi connectivity index (χ4n) is 2.11. The Morgan fingerprint density at radius 1 is 1.32 bits per heavy atom. The van der Waals surface area contributed by atoms with Crippen molar-refractivity contribution in [2.45, 2.75) is 25.4 Å². The zero-order valence-corrected chi connectivity index (χ0v) is 10.8. The van der Waals surface area contributed by atoms with E-state index in [1.165, 1.54) is 13.1 Å². The van der Waals surface area contributed by atoms with Crippen molar-refractivity contribution >= 4 is 11.8 Å². The van der Waals surface area contributed by atoms with Gasteiger partial charge in [0.2, 0.25) is 11.8 Å². The average molecular weight is 263 g/mol. The van der Waals surface area contributed by atoms with Crippen LogP contribution in [0, 0.1) is 0 Å². The summed E-state index contributed by atoms with van der Waals surface area (Å²) in [4.78, 5) is 35.8. The van der Waals surface area contributed by atoms with Crippen molar-refractivity contribution < 1.29 is 9.59 Å². The Morgan fingerprint density at radius 2 is 2.11 bits per heavy atom. The van der Waals surface area contributed by atoms with E-state index < -0.39 is 0 Å². The number of aromatic nitrogens is 1. The maximum atomic E-state index is 11.8. The second-order valence-electron chi connectivity index (χ2n) is 4.57. The Morgan fingerprint density at radius 3 is 2.84 bits per heavy atom. The van der Waals surface area contributed by atoms with E-state index in [9.17, 15) is 14.4 Å². The van der Waals surface area contributed by atoms with Gasteiger partial charge in [0.05, 0.1) is 6.04 Å². The molecule has 2 rings (SSSR count). The molecule has 1 N–H and O–H groups in total. The molecule has 2 amide bonds. The van der Waals surface area contributed by atoms with Gasteiger partial charge in [0.15, 0.2) is 0 Å². The first-order valence-electron chi connectivity index (χ1n) is 6.29. The van der Waals surface area contributed by atoms with Crippen LogP contribution in [0.5, 0.6) is 0 Å². The van der Waals surface area contributed by atoms with Crippen LogP contribution in [0.25, 0.3) is 0 Å². The average Bonchev–Trinajstić information content (AvgIpc) is 2.41. The lowest BCUT2D eigenvalue weighted by atomic mass is 10.0. The van der Waals surface area contributed by atoms with E-state index in [1.54, 1.807) is 22.9 Å². The number of nitrogens with one attached hydrogen (secondary N) is 1. The standard InChI is InChI=1S/C13H17N3O3/c1-15-11(17)6-5-10(13(15)19)14-7-9-16-8-3-2-4-12(16)18/h2-4,8,10,14H,5-7,9H2,1H3. The molecule has 102 valence electrons. The molecule has 2 heterocycles. The Balaban J connectivity index is 1.87. The molecule has 0 radical (unpaired) electrons. The van der Waals surface area contributed by atoms with Crippen LogP contribution in [0.15, 0.2) is 29.2 Å². The van der Waals surface area contributed by atoms with E-state index in [1.807, 2.05) is 0 Å². The van der Waals surface area contributed by atoms with Crippen molar-refractivity contribution in [3.8, 4) is 0 Å². The number of amides is 2. The molecule has 0 spiro atoms. The van der Waals surface area contributed by atoms with E-state index in [0.717, 1.165) is 4.90 Å². The van der Waals surface area contributed by atoms with Gasteiger partial charge in [-0.25, -0.2) is 0 Å². The number of nitrogens with zero attached hydrogens (tertiary/aromatic N) is 2. The van der Waals surface area contributed by atoms with Crippen molar-refractivity contribution in [1.82, 2.24) is 14.8 Å². The number of imide groups is 1. The molecule has 0 bridgehead atoms. The number of pyridine rings is 1. The van der Waals surface area contributed by atoms with Crippen molar-refractivity contribution in [2.24, 2.45) is 0 Å². The van der Waals surface area contributed by atoms with Crippen LogP contribution < -0.4 is 10.9 Å². The fraction of sp³-hybridized carbons (Fsp3) is 0.462. The first kappa shape index (κ1) is 13.5.